The Bertz CT molecular complexity index is 1150. The van der Waals surface area contributed by atoms with E-state index >= 15 is 0 Å². The summed E-state index contributed by atoms with van der Waals surface area (Å²) in [6.45, 7) is 0.296. The Morgan fingerprint density at radius 1 is 1.00 bits per heavy atom. The van der Waals surface area contributed by atoms with E-state index in [2.05, 4.69) is 5.32 Å². The van der Waals surface area contributed by atoms with Crippen molar-refractivity contribution in [2.45, 2.75) is 24.9 Å². The Morgan fingerprint density at radius 2 is 1.78 bits per heavy atom. The fraction of sp³-hybridized carbons (Fsp3) is 0.250. The molecule has 1 aliphatic carbocycles. The zero-order chi connectivity index (χ0) is 18.6. The molecule has 1 N–H and O–H groups in total. The average molecular weight is 363 g/mol. The minimum absolute atomic E-state index is 0.109. The first kappa shape index (κ1) is 15.9. The summed E-state index contributed by atoms with van der Waals surface area (Å²) < 4.78 is 6.66. The minimum atomic E-state index is -0.975. The van der Waals surface area contributed by atoms with Crippen LogP contribution in [0.1, 0.15) is 17.5 Å². The molecule has 1 aliphatic heterocycles. The first-order valence-electron chi connectivity index (χ1n) is 8.91. The van der Waals surface area contributed by atoms with Gasteiger partial charge in [-0.15, -0.1) is 0 Å². The molecule has 1 saturated heterocycles. The molecule has 5 rings (SSSR count). The van der Waals surface area contributed by atoms with E-state index in [1.807, 2.05) is 30.3 Å². The van der Waals surface area contributed by atoms with Crippen LogP contribution in [0.3, 0.4) is 0 Å². The number of rotatable bonds is 3. The molecule has 0 bridgehead atoms. The van der Waals surface area contributed by atoms with Crippen molar-refractivity contribution < 1.29 is 14.0 Å². The maximum Gasteiger partial charge on any atom is 0.420 e. The Hall–Kier alpha value is -3.35. The van der Waals surface area contributed by atoms with Crippen molar-refractivity contribution in [1.82, 2.24) is 14.8 Å². The van der Waals surface area contributed by atoms with Crippen LogP contribution in [0.15, 0.2) is 57.7 Å². The number of oxazole rings is 1. The van der Waals surface area contributed by atoms with Crippen LogP contribution in [0.4, 0.5) is 4.79 Å². The fourth-order valence-electron chi connectivity index (χ4n) is 4.22. The molecule has 0 saturated carbocycles. The number of carbonyl (C=O) groups excluding carboxylic acids is 2. The van der Waals surface area contributed by atoms with Gasteiger partial charge in [0.2, 0.25) is 0 Å². The highest BCUT2D eigenvalue weighted by molar-refractivity contribution is 6.08. The lowest BCUT2D eigenvalue weighted by molar-refractivity contribution is -0.131. The van der Waals surface area contributed by atoms with E-state index in [4.69, 9.17) is 4.42 Å². The lowest BCUT2D eigenvalue weighted by Crippen LogP contribution is -2.42. The highest BCUT2D eigenvalue weighted by Gasteiger charge is 2.54. The molecular formula is C20H17N3O4. The van der Waals surface area contributed by atoms with Crippen molar-refractivity contribution in [3.8, 4) is 0 Å². The second kappa shape index (κ2) is 5.57. The molecule has 1 spiro atoms. The van der Waals surface area contributed by atoms with E-state index in [9.17, 15) is 14.4 Å². The zero-order valence-corrected chi connectivity index (χ0v) is 14.5. The number of aryl methyl sites for hydroxylation is 1. The van der Waals surface area contributed by atoms with Crippen LogP contribution in [-0.4, -0.2) is 28.0 Å². The van der Waals surface area contributed by atoms with Gasteiger partial charge in [0.1, 0.15) is 5.54 Å². The normalized spacial score (nSPS) is 21.3. The highest BCUT2D eigenvalue weighted by Crippen LogP contribution is 2.41. The summed E-state index contributed by atoms with van der Waals surface area (Å²) in [6.07, 6.45) is 1.31. The predicted octanol–water partition coefficient (Wildman–Crippen LogP) is 1.99. The van der Waals surface area contributed by atoms with Gasteiger partial charge >= 0.3 is 11.8 Å². The summed E-state index contributed by atoms with van der Waals surface area (Å²) in [7, 11) is 0. The van der Waals surface area contributed by atoms with Gasteiger partial charge in [0.15, 0.2) is 5.58 Å². The minimum Gasteiger partial charge on any atom is -0.408 e. The molecule has 1 aromatic heterocycles. The molecule has 0 radical (unpaired) electrons. The van der Waals surface area contributed by atoms with Crippen LogP contribution < -0.4 is 11.1 Å². The Balaban J connectivity index is 1.44. The number of nitrogens with zero attached hydrogens (tertiary/aromatic N) is 2. The Morgan fingerprint density at radius 3 is 2.67 bits per heavy atom. The van der Waals surface area contributed by atoms with Crippen LogP contribution in [0.25, 0.3) is 11.1 Å². The molecule has 7 nitrogen and oxygen atoms in total. The number of hydrogen-bond donors (Lipinski definition) is 1. The zero-order valence-electron chi connectivity index (χ0n) is 14.5. The van der Waals surface area contributed by atoms with E-state index < -0.39 is 17.3 Å². The molecule has 2 heterocycles. The Kier molecular flexibility index (Phi) is 3.28. The topological polar surface area (TPSA) is 84.5 Å². The largest absolute Gasteiger partial charge is 0.420 e. The van der Waals surface area contributed by atoms with E-state index in [0.717, 1.165) is 17.5 Å². The maximum atomic E-state index is 13.1. The number of hydrogen-bond acceptors (Lipinski definition) is 4. The van der Waals surface area contributed by atoms with Crippen LogP contribution in [-0.2, 0) is 23.3 Å². The molecule has 0 unspecified atom stereocenters. The van der Waals surface area contributed by atoms with Crippen molar-refractivity contribution in [2.24, 2.45) is 0 Å². The molecule has 3 aromatic rings. The van der Waals surface area contributed by atoms with Crippen molar-refractivity contribution in [3.63, 3.8) is 0 Å². The number of aromatic nitrogens is 1. The van der Waals surface area contributed by atoms with E-state index in [1.165, 1.54) is 9.47 Å². The molecular weight excluding hydrogens is 346 g/mol. The lowest BCUT2D eigenvalue weighted by Gasteiger charge is -2.22. The summed E-state index contributed by atoms with van der Waals surface area (Å²) in [6, 6.07) is 14.4. The van der Waals surface area contributed by atoms with Gasteiger partial charge in [-0.1, -0.05) is 36.4 Å². The molecule has 136 valence electrons. The highest BCUT2D eigenvalue weighted by atomic mass is 16.4. The van der Waals surface area contributed by atoms with Gasteiger partial charge < -0.3 is 9.73 Å². The molecule has 27 heavy (non-hydrogen) atoms. The third-order valence-electron chi connectivity index (χ3n) is 5.54. The van der Waals surface area contributed by atoms with Gasteiger partial charge in [0.25, 0.3) is 5.91 Å². The SMILES string of the molecule is O=C1N[C@@]2(CCc3ccccc32)C(=O)N1CCn1c(=O)oc2ccccc21. The number of imide groups is 1. The van der Waals surface area contributed by atoms with Crippen molar-refractivity contribution >= 4 is 23.0 Å². The molecule has 2 aliphatic rings. The van der Waals surface area contributed by atoms with Gasteiger partial charge in [0.05, 0.1) is 5.52 Å². The number of carbonyl (C=O) groups is 2. The van der Waals surface area contributed by atoms with Crippen LogP contribution >= 0.6 is 0 Å². The average Bonchev–Trinajstić information content (AvgIpc) is 3.28. The van der Waals surface area contributed by atoms with Gasteiger partial charge in [0, 0.05) is 13.1 Å². The van der Waals surface area contributed by atoms with Gasteiger partial charge in [-0.3, -0.25) is 14.3 Å². The molecule has 2 aromatic carbocycles. The number of benzene rings is 2. The molecule has 3 amide bonds. The molecule has 1 fully saturated rings. The van der Waals surface area contributed by atoms with E-state index in [0.29, 0.717) is 17.5 Å². The lowest BCUT2D eigenvalue weighted by atomic mass is 9.92. The number of fused-ring (bicyclic) bond motifs is 3. The summed E-state index contributed by atoms with van der Waals surface area (Å²) in [4.78, 5) is 39.0. The van der Waals surface area contributed by atoms with Crippen LogP contribution in [0.5, 0.6) is 0 Å². The first-order chi connectivity index (χ1) is 13.1. The predicted molar refractivity (Wildman–Crippen MR) is 97.2 cm³/mol. The van der Waals surface area contributed by atoms with Gasteiger partial charge in [-0.05, 0) is 36.1 Å². The van der Waals surface area contributed by atoms with Gasteiger partial charge in [-0.25, -0.2) is 9.59 Å². The van der Waals surface area contributed by atoms with Crippen molar-refractivity contribution in [3.05, 3.63) is 70.2 Å². The smallest absolute Gasteiger partial charge is 0.408 e. The Labute approximate surface area is 154 Å². The number of nitrogens with one attached hydrogen (secondary N) is 1. The number of amides is 3. The first-order valence-corrected chi connectivity index (χ1v) is 8.91. The second-order valence-corrected chi connectivity index (χ2v) is 6.94. The van der Waals surface area contributed by atoms with Crippen molar-refractivity contribution in [1.29, 1.82) is 0 Å². The number of urea groups is 1. The van der Waals surface area contributed by atoms with E-state index in [1.54, 1.807) is 18.2 Å². The van der Waals surface area contributed by atoms with Crippen molar-refractivity contribution in [2.75, 3.05) is 6.54 Å². The maximum absolute atomic E-state index is 13.1. The summed E-state index contributed by atoms with van der Waals surface area (Å²) in [5.74, 6) is -0.748. The number of para-hydroxylation sites is 2. The van der Waals surface area contributed by atoms with Crippen LogP contribution in [0.2, 0.25) is 0 Å². The summed E-state index contributed by atoms with van der Waals surface area (Å²) >= 11 is 0. The molecule has 7 heteroatoms. The quantitative estimate of drug-likeness (QED) is 0.721. The van der Waals surface area contributed by atoms with Crippen LogP contribution in [0, 0.1) is 0 Å². The summed E-state index contributed by atoms with van der Waals surface area (Å²) in [5, 5.41) is 2.89. The van der Waals surface area contributed by atoms with E-state index in [-0.39, 0.29) is 19.0 Å². The summed E-state index contributed by atoms with van der Waals surface area (Å²) in [5.41, 5.74) is 2.12. The molecule has 1 atom stereocenters. The third-order valence-corrected chi connectivity index (χ3v) is 5.54. The fourth-order valence-corrected chi connectivity index (χ4v) is 4.22. The third kappa shape index (κ3) is 2.17. The standard InChI is InChI=1S/C20H17N3O4/c24-17-20(10-9-13-5-1-2-6-14(13)20)21-18(25)23(17)12-11-22-15-7-3-4-8-16(15)27-19(22)26/h1-8H,9-12H2,(H,21,25)/t20-/m1/s1. The monoisotopic (exact) mass is 363 g/mol. The van der Waals surface area contributed by atoms with Gasteiger partial charge in [-0.2, -0.15) is 0 Å². The second-order valence-electron chi connectivity index (χ2n) is 6.94.